The van der Waals surface area contributed by atoms with Crippen molar-refractivity contribution in [2.75, 3.05) is 11.9 Å². The van der Waals surface area contributed by atoms with E-state index in [4.69, 9.17) is 0 Å². The summed E-state index contributed by atoms with van der Waals surface area (Å²) in [7, 11) is 0. The van der Waals surface area contributed by atoms with Gasteiger partial charge in [-0.3, -0.25) is 9.59 Å². The molecule has 1 aliphatic heterocycles. The second-order valence-electron chi connectivity index (χ2n) is 7.36. The van der Waals surface area contributed by atoms with E-state index in [1.54, 1.807) is 17.0 Å². The summed E-state index contributed by atoms with van der Waals surface area (Å²) in [6.07, 6.45) is 0.960. The number of aryl methyl sites for hydroxylation is 1. The van der Waals surface area contributed by atoms with Crippen molar-refractivity contribution in [2.24, 2.45) is 0 Å². The van der Waals surface area contributed by atoms with Crippen LogP contribution in [-0.4, -0.2) is 28.2 Å². The minimum Gasteiger partial charge on any atom is -0.335 e. The van der Waals surface area contributed by atoms with Gasteiger partial charge in [0.2, 0.25) is 11.8 Å². The van der Waals surface area contributed by atoms with E-state index in [9.17, 15) is 14.0 Å². The number of rotatable bonds is 4. The molecule has 154 valence electrons. The number of halogens is 1. The lowest BCUT2D eigenvalue weighted by Gasteiger charge is -2.36. The lowest BCUT2D eigenvalue weighted by Crippen LogP contribution is -2.40. The third-order valence-electron chi connectivity index (χ3n) is 5.36. The molecule has 5 nitrogen and oxygen atoms in total. The molecular weight excluding hydrogens is 401 g/mol. The highest BCUT2D eigenvalue weighted by atomic mass is 32.1. The van der Waals surface area contributed by atoms with E-state index in [2.05, 4.69) is 16.4 Å². The summed E-state index contributed by atoms with van der Waals surface area (Å²) in [5.74, 6) is -0.531. The molecule has 1 atom stereocenters. The molecule has 1 unspecified atom stereocenters. The van der Waals surface area contributed by atoms with Crippen LogP contribution in [0.5, 0.6) is 0 Å². The number of hydrogen-bond donors (Lipinski definition) is 1. The van der Waals surface area contributed by atoms with Crippen LogP contribution in [0.2, 0.25) is 0 Å². The molecule has 2 aromatic carbocycles. The molecule has 0 saturated heterocycles. The maximum absolute atomic E-state index is 13.2. The summed E-state index contributed by atoms with van der Waals surface area (Å²) >= 11 is 1.38. The van der Waals surface area contributed by atoms with Gasteiger partial charge in [0.1, 0.15) is 5.82 Å². The van der Waals surface area contributed by atoms with Crippen molar-refractivity contribution >= 4 is 28.3 Å². The van der Waals surface area contributed by atoms with Gasteiger partial charge in [-0.25, -0.2) is 9.37 Å². The molecule has 4 rings (SSSR count). The van der Waals surface area contributed by atoms with Crippen molar-refractivity contribution < 1.29 is 14.0 Å². The van der Waals surface area contributed by atoms with Gasteiger partial charge in [-0.15, -0.1) is 11.3 Å². The number of thiazole rings is 1. The maximum Gasteiger partial charge on any atom is 0.228 e. The van der Waals surface area contributed by atoms with Crippen LogP contribution in [0.4, 0.5) is 9.52 Å². The first kappa shape index (κ1) is 20.2. The number of anilines is 1. The fourth-order valence-electron chi connectivity index (χ4n) is 3.92. The lowest BCUT2D eigenvalue weighted by molar-refractivity contribution is -0.132. The number of amides is 2. The van der Waals surface area contributed by atoms with E-state index in [1.165, 1.54) is 36.0 Å². The number of carbonyl (C=O) groups is 2. The summed E-state index contributed by atoms with van der Waals surface area (Å²) in [4.78, 5) is 32.2. The van der Waals surface area contributed by atoms with Gasteiger partial charge in [0.05, 0.1) is 18.2 Å². The van der Waals surface area contributed by atoms with Crippen LogP contribution in [0.25, 0.3) is 11.3 Å². The van der Waals surface area contributed by atoms with Crippen molar-refractivity contribution in [3.8, 4) is 11.3 Å². The van der Waals surface area contributed by atoms with Crippen LogP contribution >= 0.6 is 11.3 Å². The molecule has 2 heterocycles. The normalized spacial score (nSPS) is 15.6. The van der Waals surface area contributed by atoms with Crippen LogP contribution in [0, 0.1) is 12.7 Å². The Kier molecular flexibility index (Phi) is 5.63. The van der Waals surface area contributed by atoms with Gasteiger partial charge in [-0.2, -0.15) is 0 Å². The summed E-state index contributed by atoms with van der Waals surface area (Å²) in [5, 5.41) is 3.37. The monoisotopic (exact) mass is 423 g/mol. The Hall–Kier alpha value is -3.06. The van der Waals surface area contributed by atoms with Crippen molar-refractivity contribution in [1.29, 1.82) is 0 Å². The molecule has 0 fully saturated rings. The van der Waals surface area contributed by atoms with Crippen molar-refractivity contribution in [3.05, 3.63) is 70.4 Å². The third-order valence-corrected chi connectivity index (χ3v) is 6.24. The van der Waals surface area contributed by atoms with Gasteiger partial charge in [0.15, 0.2) is 5.13 Å². The predicted octanol–water partition coefficient (Wildman–Crippen LogP) is 4.73. The molecule has 0 aliphatic carbocycles. The average molecular weight is 424 g/mol. The van der Waals surface area contributed by atoms with Crippen LogP contribution in [0.3, 0.4) is 0 Å². The Labute approximate surface area is 178 Å². The number of carbonyl (C=O) groups excluding carboxylic acids is 2. The first-order chi connectivity index (χ1) is 14.4. The highest BCUT2D eigenvalue weighted by Crippen LogP contribution is 2.34. The molecule has 7 heteroatoms. The van der Waals surface area contributed by atoms with Crippen molar-refractivity contribution in [1.82, 2.24) is 9.88 Å². The lowest BCUT2D eigenvalue weighted by atomic mass is 9.90. The molecule has 0 spiro atoms. The quantitative estimate of drug-likeness (QED) is 0.660. The molecule has 0 radical (unpaired) electrons. The Morgan fingerprint density at radius 2 is 1.93 bits per heavy atom. The highest BCUT2D eigenvalue weighted by molar-refractivity contribution is 7.16. The molecule has 1 aromatic heterocycles. The topological polar surface area (TPSA) is 62.3 Å². The molecule has 1 N–H and O–H groups in total. The van der Waals surface area contributed by atoms with E-state index in [0.29, 0.717) is 11.7 Å². The summed E-state index contributed by atoms with van der Waals surface area (Å²) in [6.45, 7) is 4.06. The first-order valence-corrected chi connectivity index (χ1v) is 10.6. The van der Waals surface area contributed by atoms with Gasteiger partial charge in [0, 0.05) is 23.9 Å². The number of hydrogen-bond acceptors (Lipinski definition) is 4. The van der Waals surface area contributed by atoms with Crippen LogP contribution in [0.15, 0.2) is 48.5 Å². The molecular formula is C23H22FN3O2S. The molecule has 2 amide bonds. The van der Waals surface area contributed by atoms with Gasteiger partial charge in [-0.1, -0.05) is 24.3 Å². The summed E-state index contributed by atoms with van der Waals surface area (Å²) in [5.41, 5.74) is 3.73. The van der Waals surface area contributed by atoms with Crippen LogP contribution in [-0.2, 0) is 16.0 Å². The zero-order valence-corrected chi connectivity index (χ0v) is 17.6. The first-order valence-electron chi connectivity index (χ1n) is 9.80. The highest BCUT2D eigenvalue weighted by Gasteiger charge is 2.30. The summed E-state index contributed by atoms with van der Waals surface area (Å²) < 4.78 is 13.2. The van der Waals surface area contributed by atoms with Gasteiger partial charge < -0.3 is 10.2 Å². The third kappa shape index (κ3) is 4.11. The fourth-order valence-corrected chi connectivity index (χ4v) is 4.77. The van der Waals surface area contributed by atoms with E-state index in [1.807, 2.05) is 25.1 Å². The average Bonchev–Trinajstić information content (AvgIpc) is 3.08. The van der Waals surface area contributed by atoms with Gasteiger partial charge in [0.25, 0.3) is 0 Å². The Bertz CT molecular complexity index is 1090. The van der Waals surface area contributed by atoms with Crippen LogP contribution < -0.4 is 5.32 Å². The standard InChI is InChI=1S/C23H22FN3O2S/c1-14-22(17-7-9-18(24)10-8-17)26-23(30-14)25-21(29)13-20-19-6-4-3-5-16(19)11-12-27(20)15(2)28/h3-10,20H,11-13H2,1-2H3,(H,25,26,29). The maximum atomic E-state index is 13.2. The second kappa shape index (κ2) is 8.36. The molecule has 30 heavy (non-hydrogen) atoms. The van der Waals surface area contributed by atoms with E-state index in [-0.39, 0.29) is 30.1 Å². The van der Waals surface area contributed by atoms with Gasteiger partial charge in [-0.05, 0) is 48.7 Å². The minimum atomic E-state index is -0.303. The number of nitrogens with one attached hydrogen (secondary N) is 1. The second-order valence-corrected chi connectivity index (χ2v) is 8.56. The van der Waals surface area contributed by atoms with Crippen LogP contribution in [0.1, 0.15) is 35.4 Å². The number of fused-ring (bicyclic) bond motifs is 1. The van der Waals surface area contributed by atoms with Crippen molar-refractivity contribution in [2.45, 2.75) is 32.7 Å². The molecule has 3 aromatic rings. The number of nitrogens with zero attached hydrogens (tertiary/aromatic N) is 2. The largest absolute Gasteiger partial charge is 0.335 e. The fraction of sp³-hybridized carbons (Fsp3) is 0.261. The molecule has 1 aliphatic rings. The Balaban J connectivity index is 1.52. The smallest absolute Gasteiger partial charge is 0.228 e. The van der Waals surface area contributed by atoms with Gasteiger partial charge >= 0.3 is 0 Å². The Morgan fingerprint density at radius 1 is 1.20 bits per heavy atom. The minimum absolute atomic E-state index is 0.0361. The van der Waals surface area contributed by atoms with E-state index >= 15 is 0 Å². The SMILES string of the molecule is CC(=O)N1CCc2ccccc2C1CC(=O)Nc1nc(-c2ccc(F)cc2)c(C)s1. The molecule has 0 saturated carbocycles. The zero-order valence-electron chi connectivity index (χ0n) is 16.8. The molecule has 0 bridgehead atoms. The van der Waals surface area contributed by atoms with Crippen molar-refractivity contribution in [3.63, 3.8) is 0 Å². The zero-order chi connectivity index (χ0) is 21.3. The Morgan fingerprint density at radius 3 is 2.67 bits per heavy atom. The summed E-state index contributed by atoms with van der Waals surface area (Å²) in [6, 6.07) is 13.8. The predicted molar refractivity (Wildman–Crippen MR) is 116 cm³/mol. The van der Waals surface area contributed by atoms with E-state index < -0.39 is 0 Å². The number of benzene rings is 2. The van der Waals surface area contributed by atoms with E-state index in [0.717, 1.165) is 28.1 Å². The number of aromatic nitrogens is 1.